The fourth-order valence-electron chi connectivity index (χ4n) is 0.748. The molecule has 1 N–H and O–H groups in total. The standard InChI is InChI=1S/C7H8OSSe/c8-4-5-1-6(9)3-7(10)2-5/h1-3,8-10H,4H2. The molecule has 1 nitrogen and oxygen atoms in total. The Morgan fingerprint density at radius 3 is 2.60 bits per heavy atom. The molecule has 0 bridgehead atoms. The SMILES string of the molecule is OCc1cc(S)cc([SeH])c1. The van der Waals surface area contributed by atoms with Crippen molar-refractivity contribution in [3.63, 3.8) is 0 Å². The number of aliphatic hydroxyl groups excluding tert-OH is 1. The molecular formula is C7H8OSSe. The van der Waals surface area contributed by atoms with Gasteiger partial charge in [0.15, 0.2) is 0 Å². The number of hydrogen-bond acceptors (Lipinski definition) is 2. The second kappa shape index (κ2) is 3.44. The van der Waals surface area contributed by atoms with Crippen molar-refractivity contribution in [3.05, 3.63) is 23.8 Å². The molecular weight excluding hydrogens is 211 g/mol. The van der Waals surface area contributed by atoms with Crippen LogP contribution in [0.25, 0.3) is 0 Å². The summed E-state index contributed by atoms with van der Waals surface area (Å²) < 4.78 is 1.07. The molecule has 0 fully saturated rings. The Morgan fingerprint density at radius 1 is 1.40 bits per heavy atom. The van der Waals surface area contributed by atoms with Gasteiger partial charge in [0.05, 0.1) is 0 Å². The summed E-state index contributed by atoms with van der Waals surface area (Å²) in [6, 6.07) is 5.70. The number of aliphatic hydroxyl groups is 1. The molecule has 0 saturated carbocycles. The van der Waals surface area contributed by atoms with Crippen LogP contribution in [0.1, 0.15) is 5.56 Å². The summed E-state index contributed by atoms with van der Waals surface area (Å²) in [6.45, 7) is 0.0825. The van der Waals surface area contributed by atoms with E-state index < -0.39 is 0 Å². The van der Waals surface area contributed by atoms with Crippen LogP contribution >= 0.6 is 12.6 Å². The van der Waals surface area contributed by atoms with E-state index in [1.54, 1.807) is 0 Å². The number of thiol groups is 1. The van der Waals surface area contributed by atoms with E-state index in [2.05, 4.69) is 28.6 Å². The van der Waals surface area contributed by atoms with E-state index in [-0.39, 0.29) is 6.61 Å². The van der Waals surface area contributed by atoms with Crippen molar-refractivity contribution in [2.45, 2.75) is 11.5 Å². The molecule has 0 atom stereocenters. The second-order valence-corrected chi connectivity index (χ2v) is 3.62. The van der Waals surface area contributed by atoms with Gasteiger partial charge in [-0.3, -0.25) is 0 Å². The Hall–Kier alpha value is 0.0495. The summed E-state index contributed by atoms with van der Waals surface area (Å²) in [5.74, 6) is 0. The first-order valence-electron chi connectivity index (χ1n) is 2.85. The summed E-state index contributed by atoms with van der Waals surface area (Å²) in [5.41, 5.74) is 0.906. The summed E-state index contributed by atoms with van der Waals surface area (Å²) in [5, 5.41) is 8.75. The van der Waals surface area contributed by atoms with Crippen molar-refractivity contribution in [3.8, 4) is 0 Å². The number of rotatable bonds is 1. The molecule has 0 aromatic heterocycles. The molecule has 0 spiro atoms. The van der Waals surface area contributed by atoms with Gasteiger partial charge in [0.25, 0.3) is 0 Å². The molecule has 0 unspecified atom stereocenters. The van der Waals surface area contributed by atoms with Crippen LogP contribution in [0.15, 0.2) is 23.1 Å². The van der Waals surface area contributed by atoms with Crippen molar-refractivity contribution in [2.75, 3.05) is 0 Å². The predicted molar refractivity (Wildman–Crippen MR) is 46.4 cm³/mol. The summed E-state index contributed by atoms with van der Waals surface area (Å²) in [7, 11) is 0. The van der Waals surface area contributed by atoms with Crippen LogP contribution < -0.4 is 4.46 Å². The second-order valence-electron chi connectivity index (χ2n) is 2.02. The van der Waals surface area contributed by atoms with Crippen molar-refractivity contribution < 1.29 is 5.11 Å². The van der Waals surface area contributed by atoms with E-state index in [1.807, 2.05) is 18.2 Å². The van der Waals surface area contributed by atoms with Crippen LogP contribution in [0, 0.1) is 0 Å². The molecule has 0 aliphatic heterocycles. The number of benzene rings is 1. The Kier molecular flexibility index (Phi) is 2.81. The van der Waals surface area contributed by atoms with Crippen LogP contribution in [0.2, 0.25) is 0 Å². The van der Waals surface area contributed by atoms with Gasteiger partial charge in [0.2, 0.25) is 0 Å². The van der Waals surface area contributed by atoms with Crippen molar-refractivity contribution >= 4 is 33.1 Å². The maximum atomic E-state index is 8.75. The van der Waals surface area contributed by atoms with Crippen LogP contribution in [0.3, 0.4) is 0 Å². The van der Waals surface area contributed by atoms with Gasteiger partial charge in [-0.15, -0.1) is 0 Å². The molecule has 1 aromatic carbocycles. The van der Waals surface area contributed by atoms with Gasteiger partial charge in [0, 0.05) is 0 Å². The van der Waals surface area contributed by atoms with Crippen LogP contribution in [-0.4, -0.2) is 21.1 Å². The molecule has 0 heterocycles. The van der Waals surface area contributed by atoms with Gasteiger partial charge >= 0.3 is 73.5 Å². The van der Waals surface area contributed by atoms with E-state index in [1.165, 1.54) is 0 Å². The fourth-order valence-corrected chi connectivity index (χ4v) is 1.91. The van der Waals surface area contributed by atoms with Crippen LogP contribution in [-0.2, 0) is 6.61 Å². The zero-order valence-electron chi connectivity index (χ0n) is 5.28. The van der Waals surface area contributed by atoms with E-state index >= 15 is 0 Å². The van der Waals surface area contributed by atoms with Crippen LogP contribution in [0.4, 0.5) is 0 Å². The van der Waals surface area contributed by atoms with Gasteiger partial charge in [-0.2, -0.15) is 0 Å². The Balaban J connectivity index is 3.06. The van der Waals surface area contributed by atoms with Crippen molar-refractivity contribution in [2.24, 2.45) is 0 Å². The number of hydrogen-bond donors (Lipinski definition) is 2. The minimum atomic E-state index is 0.0825. The first-order valence-corrected chi connectivity index (χ1v) is 4.23. The van der Waals surface area contributed by atoms with Crippen molar-refractivity contribution in [1.29, 1.82) is 0 Å². The molecule has 0 radical (unpaired) electrons. The zero-order chi connectivity index (χ0) is 7.56. The molecule has 1 rings (SSSR count). The molecule has 1 aromatic rings. The van der Waals surface area contributed by atoms with Gasteiger partial charge in [-0.25, -0.2) is 0 Å². The zero-order valence-corrected chi connectivity index (χ0v) is 8.05. The first kappa shape index (κ1) is 8.15. The van der Waals surface area contributed by atoms with E-state index in [0.29, 0.717) is 0 Å². The fraction of sp³-hybridized carbons (Fsp3) is 0.143. The average molecular weight is 219 g/mol. The molecule has 3 heteroatoms. The third kappa shape index (κ3) is 2.03. The predicted octanol–water partition coefficient (Wildman–Crippen LogP) is -0.00630. The van der Waals surface area contributed by atoms with E-state index in [0.717, 1.165) is 14.9 Å². The van der Waals surface area contributed by atoms with Crippen LogP contribution in [0.5, 0.6) is 0 Å². The Bertz CT molecular complexity index is 217. The van der Waals surface area contributed by atoms with E-state index in [4.69, 9.17) is 5.11 Å². The average Bonchev–Trinajstić information content (AvgIpc) is 1.85. The summed E-state index contributed by atoms with van der Waals surface area (Å²) in [6.07, 6.45) is 0. The summed E-state index contributed by atoms with van der Waals surface area (Å²) >= 11 is 6.58. The quantitative estimate of drug-likeness (QED) is 0.503. The van der Waals surface area contributed by atoms with Gasteiger partial charge in [0.1, 0.15) is 0 Å². The van der Waals surface area contributed by atoms with Crippen molar-refractivity contribution in [1.82, 2.24) is 0 Å². The summed E-state index contributed by atoms with van der Waals surface area (Å²) in [4.78, 5) is 0.891. The molecule has 10 heavy (non-hydrogen) atoms. The maximum absolute atomic E-state index is 8.75. The molecule has 0 amide bonds. The Morgan fingerprint density at radius 2 is 2.10 bits per heavy atom. The molecule has 0 aliphatic rings. The van der Waals surface area contributed by atoms with Gasteiger partial charge in [-0.1, -0.05) is 0 Å². The third-order valence-electron chi connectivity index (χ3n) is 1.14. The monoisotopic (exact) mass is 220 g/mol. The van der Waals surface area contributed by atoms with Gasteiger partial charge in [-0.05, 0) is 0 Å². The first-order chi connectivity index (χ1) is 4.72. The molecule has 0 aliphatic carbocycles. The topological polar surface area (TPSA) is 20.2 Å². The third-order valence-corrected chi connectivity index (χ3v) is 1.94. The van der Waals surface area contributed by atoms with Gasteiger partial charge < -0.3 is 0 Å². The Labute approximate surface area is 73.7 Å². The molecule has 0 saturated heterocycles. The normalized spacial score (nSPS) is 9.90. The minimum absolute atomic E-state index is 0.0825. The van der Waals surface area contributed by atoms with E-state index in [9.17, 15) is 0 Å². The molecule has 54 valence electrons.